The molecule has 5 heteroatoms. The maximum atomic E-state index is 5.28. The van der Waals surface area contributed by atoms with E-state index in [0.717, 1.165) is 44.4 Å². The molecule has 2 heterocycles. The molecule has 0 fully saturated rings. The number of ether oxygens (including phenoxy) is 1. The summed E-state index contributed by atoms with van der Waals surface area (Å²) in [5.41, 5.74) is 5.09. The Morgan fingerprint density at radius 1 is 1.08 bits per heavy atom. The third-order valence-electron chi connectivity index (χ3n) is 4.39. The summed E-state index contributed by atoms with van der Waals surface area (Å²) in [4.78, 5) is 8.06. The number of rotatable bonds is 4. The smallest absolute Gasteiger partial charge is 0.139 e. The minimum absolute atomic E-state index is 0.832. The van der Waals surface area contributed by atoms with Crippen molar-refractivity contribution in [2.45, 2.75) is 0 Å². The van der Waals surface area contributed by atoms with Crippen LogP contribution in [0.3, 0.4) is 0 Å². The summed E-state index contributed by atoms with van der Waals surface area (Å²) in [7, 11) is 5.50. The van der Waals surface area contributed by atoms with Crippen LogP contribution in [-0.2, 0) is 0 Å². The second kappa shape index (κ2) is 6.52. The van der Waals surface area contributed by atoms with E-state index in [4.69, 9.17) is 4.74 Å². The Hall–Kier alpha value is -3.34. The largest absolute Gasteiger partial charge is 0.497 e. The number of nitrogens with zero attached hydrogens (tertiary/aromatic N) is 3. The van der Waals surface area contributed by atoms with Crippen LogP contribution in [0, 0.1) is 0 Å². The van der Waals surface area contributed by atoms with E-state index in [1.54, 1.807) is 12.1 Å². The summed E-state index contributed by atoms with van der Waals surface area (Å²) in [5, 5.41) is 8.51. The molecule has 0 unspecified atom stereocenters. The second-order valence-electron chi connectivity index (χ2n) is 6.30. The van der Waals surface area contributed by atoms with Crippen LogP contribution in [0.4, 0.5) is 0 Å². The summed E-state index contributed by atoms with van der Waals surface area (Å²) < 4.78 is 5.28. The maximum Gasteiger partial charge on any atom is 0.139 e. The van der Waals surface area contributed by atoms with Gasteiger partial charge in [-0.1, -0.05) is 30.3 Å². The molecule has 4 rings (SSSR count). The third-order valence-corrected chi connectivity index (χ3v) is 4.39. The lowest BCUT2D eigenvalue weighted by molar-refractivity contribution is 0.415. The SMILES string of the molecule is COc1ccc(-c2cnc3[nH]c4ccccc4c3c2/C=N/N(C)C)cc1. The molecular formula is C21H20N4O. The molecule has 0 atom stereocenters. The molecule has 0 saturated carbocycles. The van der Waals surface area contributed by atoms with E-state index >= 15 is 0 Å². The maximum absolute atomic E-state index is 5.28. The number of H-pyrrole nitrogens is 1. The summed E-state index contributed by atoms with van der Waals surface area (Å²) in [6, 6.07) is 16.3. The lowest BCUT2D eigenvalue weighted by Crippen LogP contribution is -2.03. The predicted molar refractivity (Wildman–Crippen MR) is 107 cm³/mol. The highest BCUT2D eigenvalue weighted by molar-refractivity contribution is 6.16. The number of aromatic nitrogens is 2. The lowest BCUT2D eigenvalue weighted by Gasteiger charge is -2.10. The molecule has 5 nitrogen and oxygen atoms in total. The Kier molecular flexibility index (Phi) is 4.05. The molecule has 0 spiro atoms. The van der Waals surface area contributed by atoms with E-state index in [1.807, 2.05) is 62.9 Å². The second-order valence-corrected chi connectivity index (χ2v) is 6.30. The van der Waals surface area contributed by atoms with Gasteiger partial charge in [0.2, 0.25) is 0 Å². The molecule has 26 heavy (non-hydrogen) atoms. The lowest BCUT2D eigenvalue weighted by atomic mass is 9.98. The zero-order chi connectivity index (χ0) is 18.1. The first-order valence-corrected chi connectivity index (χ1v) is 8.42. The number of aromatic amines is 1. The van der Waals surface area contributed by atoms with Crippen molar-refractivity contribution in [3.05, 3.63) is 60.3 Å². The molecule has 0 saturated heterocycles. The predicted octanol–water partition coefficient (Wildman–Crippen LogP) is 4.29. The van der Waals surface area contributed by atoms with Crippen molar-refractivity contribution in [1.82, 2.24) is 15.0 Å². The average Bonchev–Trinajstić information content (AvgIpc) is 3.05. The third kappa shape index (κ3) is 2.77. The van der Waals surface area contributed by atoms with Crippen molar-refractivity contribution < 1.29 is 4.74 Å². The van der Waals surface area contributed by atoms with Crippen LogP contribution < -0.4 is 4.74 Å². The van der Waals surface area contributed by atoms with Crippen LogP contribution in [0.2, 0.25) is 0 Å². The first-order valence-electron chi connectivity index (χ1n) is 8.42. The Balaban J connectivity index is 2.02. The van der Waals surface area contributed by atoms with Crippen LogP contribution in [0.25, 0.3) is 33.1 Å². The van der Waals surface area contributed by atoms with Crippen molar-refractivity contribution in [2.75, 3.05) is 21.2 Å². The van der Waals surface area contributed by atoms with Gasteiger partial charge < -0.3 is 14.7 Å². The zero-order valence-electron chi connectivity index (χ0n) is 15.0. The minimum atomic E-state index is 0.832. The molecule has 0 amide bonds. The molecule has 0 radical (unpaired) electrons. The number of hydrazone groups is 1. The Bertz CT molecular complexity index is 1090. The average molecular weight is 344 g/mol. The van der Waals surface area contributed by atoms with Crippen LogP contribution >= 0.6 is 0 Å². The molecule has 0 aliphatic carbocycles. The number of pyridine rings is 1. The van der Waals surface area contributed by atoms with Gasteiger partial charge in [0.15, 0.2) is 0 Å². The van der Waals surface area contributed by atoms with Gasteiger partial charge in [-0.25, -0.2) is 4.98 Å². The summed E-state index contributed by atoms with van der Waals surface area (Å²) in [5.74, 6) is 0.832. The highest BCUT2D eigenvalue weighted by atomic mass is 16.5. The van der Waals surface area contributed by atoms with Gasteiger partial charge in [-0.15, -0.1) is 0 Å². The Labute approximate surface area is 151 Å². The number of benzene rings is 2. The standard InChI is InChI=1S/C21H20N4O/c1-25(2)23-13-18-17(14-8-10-15(26-3)11-9-14)12-22-21-20(18)16-6-4-5-7-19(16)24-21/h4-13H,1-3H3,(H,22,24)/b23-13+. The fourth-order valence-electron chi connectivity index (χ4n) is 3.14. The van der Waals surface area contributed by atoms with Gasteiger partial charge in [0, 0.05) is 47.7 Å². The molecule has 4 aromatic rings. The Morgan fingerprint density at radius 3 is 2.58 bits per heavy atom. The molecule has 0 aliphatic rings. The van der Waals surface area contributed by atoms with Crippen LogP contribution in [0.15, 0.2) is 59.8 Å². The molecule has 2 aromatic carbocycles. The first kappa shape index (κ1) is 16.1. The topological polar surface area (TPSA) is 53.5 Å². The molecule has 2 aromatic heterocycles. The van der Waals surface area contributed by atoms with Crippen molar-refractivity contribution in [2.24, 2.45) is 5.10 Å². The van der Waals surface area contributed by atoms with E-state index in [2.05, 4.69) is 27.2 Å². The van der Waals surface area contributed by atoms with Crippen molar-refractivity contribution >= 4 is 28.2 Å². The summed E-state index contributed by atoms with van der Waals surface area (Å²) >= 11 is 0. The van der Waals surface area contributed by atoms with Crippen molar-refractivity contribution in [1.29, 1.82) is 0 Å². The van der Waals surface area contributed by atoms with Gasteiger partial charge in [0.25, 0.3) is 0 Å². The number of methoxy groups -OCH3 is 1. The highest BCUT2D eigenvalue weighted by Gasteiger charge is 2.14. The molecular weight excluding hydrogens is 324 g/mol. The number of para-hydroxylation sites is 1. The fraction of sp³-hybridized carbons (Fsp3) is 0.143. The number of hydrogen-bond acceptors (Lipinski definition) is 4. The summed E-state index contributed by atoms with van der Waals surface area (Å²) in [6.07, 6.45) is 3.81. The molecule has 1 N–H and O–H groups in total. The van der Waals surface area contributed by atoms with Crippen LogP contribution in [0.5, 0.6) is 5.75 Å². The quantitative estimate of drug-likeness (QED) is 0.444. The fourth-order valence-corrected chi connectivity index (χ4v) is 3.14. The van der Waals surface area contributed by atoms with Gasteiger partial charge in [-0.2, -0.15) is 5.10 Å². The highest BCUT2D eigenvalue weighted by Crippen LogP contribution is 2.33. The van der Waals surface area contributed by atoms with Gasteiger partial charge >= 0.3 is 0 Å². The van der Waals surface area contributed by atoms with Crippen molar-refractivity contribution in [3.8, 4) is 16.9 Å². The van der Waals surface area contributed by atoms with Crippen LogP contribution in [0.1, 0.15) is 5.56 Å². The van der Waals surface area contributed by atoms with Gasteiger partial charge in [0.05, 0.1) is 13.3 Å². The van der Waals surface area contributed by atoms with Gasteiger partial charge in [-0.3, -0.25) is 0 Å². The summed E-state index contributed by atoms with van der Waals surface area (Å²) in [6.45, 7) is 0. The Morgan fingerprint density at radius 2 is 1.85 bits per heavy atom. The number of fused-ring (bicyclic) bond motifs is 3. The van der Waals surface area contributed by atoms with E-state index in [-0.39, 0.29) is 0 Å². The van der Waals surface area contributed by atoms with E-state index in [0.29, 0.717) is 0 Å². The van der Waals surface area contributed by atoms with E-state index in [1.165, 1.54) is 0 Å². The van der Waals surface area contributed by atoms with E-state index < -0.39 is 0 Å². The van der Waals surface area contributed by atoms with E-state index in [9.17, 15) is 0 Å². The number of hydrogen-bond donors (Lipinski definition) is 1. The normalized spacial score (nSPS) is 11.5. The van der Waals surface area contributed by atoms with Gasteiger partial charge in [0.1, 0.15) is 11.4 Å². The van der Waals surface area contributed by atoms with Gasteiger partial charge in [-0.05, 0) is 23.8 Å². The minimum Gasteiger partial charge on any atom is -0.497 e. The van der Waals surface area contributed by atoms with Crippen molar-refractivity contribution in [3.63, 3.8) is 0 Å². The van der Waals surface area contributed by atoms with Crippen LogP contribution in [-0.4, -0.2) is 42.4 Å². The zero-order valence-corrected chi connectivity index (χ0v) is 15.0. The monoisotopic (exact) mass is 344 g/mol. The number of nitrogens with one attached hydrogen (secondary N) is 1. The first-order chi connectivity index (χ1) is 12.7. The molecule has 0 aliphatic heterocycles. The molecule has 0 bridgehead atoms. The molecule has 130 valence electrons.